The SMILES string of the molecule is COc1ccc(OC)c(-c2cc(Cl)cc(Cl)c2)c1. The van der Waals surface area contributed by atoms with Gasteiger partial charge in [0.15, 0.2) is 0 Å². The number of benzene rings is 2. The van der Waals surface area contributed by atoms with Crippen LogP contribution in [-0.4, -0.2) is 14.2 Å². The van der Waals surface area contributed by atoms with Gasteiger partial charge in [-0.25, -0.2) is 0 Å². The summed E-state index contributed by atoms with van der Waals surface area (Å²) in [5, 5.41) is 1.17. The van der Waals surface area contributed by atoms with Gasteiger partial charge in [-0.2, -0.15) is 0 Å². The normalized spacial score (nSPS) is 10.2. The van der Waals surface area contributed by atoms with Gasteiger partial charge in [0.05, 0.1) is 14.2 Å². The van der Waals surface area contributed by atoms with E-state index in [9.17, 15) is 0 Å². The van der Waals surface area contributed by atoms with Gasteiger partial charge < -0.3 is 9.47 Å². The molecule has 2 aromatic rings. The first-order valence-corrected chi connectivity index (χ1v) is 6.08. The van der Waals surface area contributed by atoms with Crippen molar-refractivity contribution in [3.63, 3.8) is 0 Å². The lowest BCUT2D eigenvalue weighted by molar-refractivity contribution is 0.404. The van der Waals surface area contributed by atoms with Crippen LogP contribution in [0.4, 0.5) is 0 Å². The Balaban J connectivity index is 2.60. The van der Waals surface area contributed by atoms with Crippen LogP contribution in [0.3, 0.4) is 0 Å². The fourth-order valence-corrected chi connectivity index (χ4v) is 2.28. The third-order valence-electron chi connectivity index (χ3n) is 2.58. The van der Waals surface area contributed by atoms with E-state index in [0.717, 1.165) is 22.6 Å². The van der Waals surface area contributed by atoms with Crippen molar-refractivity contribution in [2.45, 2.75) is 0 Å². The van der Waals surface area contributed by atoms with Crippen molar-refractivity contribution in [2.24, 2.45) is 0 Å². The monoisotopic (exact) mass is 282 g/mol. The Hall–Kier alpha value is -1.38. The van der Waals surface area contributed by atoms with Crippen LogP contribution in [0.5, 0.6) is 11.5 Å². The molecule has 0 unspecified atom stereocenters. The van der Waals surface area contributed by atoms with E-state index in [0.29, 0.717) is 10.0 Å². The summed E-state index contributed by atoms with van der Waals surface area (Å²) in [6, 6.07) is 11.0. The Bertz CT molecular complexity index is 547. The van der Waals surface area contributed by atoms with E-state index in [1.54, 1.807) is 20.3 Å². The average Bonchev–Trinajstić information content (AvgIpc) is 2.36. The summed E-state index contributed by atoms with van der Waals surface area (Å²) in [4.78, 5) is 0. The Morgan fingerprint density at radius 2 is 1.50 bits per heavy atom. The highest BCUT2D eigenvalue weighted by Crippen LogP contribution is 2.35. The molecule has 0 aliphatic heterocycles. The summed E-state index contributed by atoms with van der Waals surface area (Å²) < 4.78 is 10.6. The van der Waals surface area contributed by atoms with E-state index in [4.69, 9.17) is 32.7 Å². The zero-order valence-electron chi connectivity index (χ0n) is 10.0. The van der Waals surface area contributed by atoms with Gasteiger partial charge in [-0.05, 0) is 42.0 Å². The zero-order chi connectivity index (χ0) is 13.1. The number of halogens is 2. The van der Waals surface area contributed by atoms with Gasteiger partial charge in [-0.3, -0.25) is 0 Å². The maximum absolute atomic E-state index is 6.01. The molecule has 4 heteroatoms. The van der Waals surface area contributed by atoms with E-state index in [2.05, 4.69) is 0 Å². The second kappa shape index (κ2) is 5.51. The third-order valence-corrected chi connectivity index (χ3v) is 3.02. The molecule has 0 fully saturated rings. The van der Waals surface area contributed by atoms with E-state index in [1.807, 2.05) is 30.3 Å². The smallest absolute Gasteiger partial charge is 0.126 e. The highest BCUT2D eigenvalue weighted by Gasteiger charge is 2.09. The molecule has 18 heavy (non-hydrogen) atoms. The first kappa shape index (κ1) is 13.1. The number of hydrogen-bond acceptors (Lipinski definition) is 2. The fourth-order valence-electron chi connectivity index (χ4n) is 1.75. The Morgan fingerprint density at radius 3 is 2.06 bits per heavy atom. The van der Waals surface area contributed by atoms with E-state index >= 15 is 0 Å². The largest absolute Gasteiger partial charge is 0.497 e. The van der Waals surface area contributed by atoms with Crippen LogP contribution in [-0.2, 0) is 0 Å². The highest BCUT2D eigenvalue weighted by atomic mass is 35.5. The topological polar surface area (TPSA) is 18.5 Å². The minimum atomic E-state index is 0.586. The molecule has 2 aromatic carbocycles. The maximum atomic E-state index is 6.01. The number of hydrogen-bond donors (Lipinski definition) is 0. The van der Waals surface area contributed by atoms with Crippen LogP contribution in [0, 0.1) is 0 Å². The molecule has 0 saturated carbocycles. The van der Waals surface area contributed by atoms with Crippen molar-refractivity contribution in [3.8, 4) is 22.6 Å². The van der Waals surface area contributed by atoms with Crippen molar-refractivity contribution in [1.82, 2.24) is 0 Å². The Labute approximate surface area is 116 Å². The van der Waals surface area contributed by atoms with Gasteiger partial charge in [0, 0.05) is 15.6 Å². The molecule has 2 nitrogen and oxygen atoms in total. The van der Waals surface area contributed by atoms with E-state index in [1.165, 1.54) is 0 Å². The molecule has 0 radical (unpaired) electrons. The minimum absolute atomic E-state index is 0.586. The summed E-state index contributed by atoms with van der Waals surface area (Å²) in [5.74, 6) is 1.50. The van der Waals surface area contributed by atoms with Gasteiger partial charge in [0.25, 0.3) is 0 Å². The molecular formula is C14H12Cl2O2. The van der Waals surface area contributed by atoms with Crippen molar-refractivity contribution in [2.75, 3.05) is 14.2 Å². The highest BCUT2D eigenvalue weighted by molar-refractivity contribution is 6.35. The van der Waals surface area contributed by atoms with Gasteiger partial charge >= 0.3 is 0 Å². The first-order chi connectivity index (χ1) is 8.63. The lowest BCUT2D eigenvalue weighted by atomic mass is 10.0. The van der Waals surface area contributed by atoms with Crippen LogP contribution in [0.1, 0.15) is 0 Å². The summed E-state index contributed by atoms with van der Waals surface area (Å²) in [6.07, 6.45) is 0. The van der Waals surface area contributed by atoms with Gasteiger partial charge in [0.1, 0.15) is 11.5 Å². The predicted molar refractivity (Wildman–Crippen MR) is 75.0 cm³/mol. The van der Waals surface area contributed by atoms with Crippen molar-refractivity contribution >= 4 is 23.2 Å². The molecule has 0 saturated heterocycles. The summed E-state index contributed by atoms with van der Waals surface area (Å²) in [5.41, 5.74) is 1.78. The molecule has 2 rings (SSSR count). The van der Waals surface area contributed by atoms with Crippen LogP contribution in [0.25, 0.3) is 11.1 Å². The maximum Gasteiger partial charge on any atom is 0.126 e. The van der Waals surface area contributed by atoms with Crippen molar-refractivity contribution < 1.29 is 9.47 Å². The second-order valence-corrected chi connectivity index (χ2v) is 4.60. The number of methoxy groups -OCH3 is 2. The summed E-state index contributed by atoms with van der Waals surface area (Å²) in [7, 11) is 3.24. The molecule has 94 valence electrons. The molecule has 0 aromatic heterocycles. The lowest BCUT2D eigenvalue weighted by Crippen LogP contribution is -1.90. The lowest BCUT2D eigenvalue weighted by Gasteiger charge is -2.11. The molecule has 0 spiro atoms. The van der Waals surface area contributed by atoms with E-state index in [-0.39, 0.29) is 0 Å². The van der Waals surface area contributed by atoms with Crippen molar-refractivity contribution in [3.05, 3.63) is 46.4 Å². The van der Waals surface area contributed by atoms with E-state index < -0.39 is 0 Å². The van der Waals surface area contributed by atoms with Gasteiger partial charge in [0.2, 0.25) is 0 Å². The van der Waals surface area contributed by atoms with Gasteiger partial charge in [-0.1, -0.05) is 23.2 Å². The summed E-state index contributed by atoms with van der Waals surface area (Å²) >= 11 is 12.0. The molecular weight excluding hydrogens is 271 g/mol. The minimum Gasteiger partial charge on any atom is -0.497 e. The van der Waals surface area contributed by atoms with Crippen LogP contribution >= 0.6 is 23.2 Å². The third kappa shape index (κ3) is 2.71. The van der Waals surface area contributed by atoms with Crippen LogP contribution < -0.4 is 9.47 Å². The molecule has 0 heterocycles. The quantitative estimate of drug-likeness (QED) is 0.814. The first-order valence-electron chi connectivity index (χ1n) is 5.32. The summed E-state index contributed by atoms with van der Waals surface area (Å²) in [6.45, 7) is 0. The standard InChI is InChI=1S/C14H12Cl2O2/c1-17-12-3-4-14(18-2)13(8-12)9-5-10(15)7-11(16)6-9/h3-8H,1-2H3. The number of ether oxygens (including phenoxy) is 2. The second-order valence-electron chi connectivity index (χ2n) is 3.72. The molecule has 0 bridgehead atoms. The molecule has 0 amide bonds. The zero-order valence-corrected chi connectivity index (χ0v) is 11.5. The fraction of sp³-hybridized carbons (Fsp3) is 0.143. The molecule has 0 aliphatic rings. The van der Waals surface area contributed by atoms with Crippen LogP contribution in [0.2, 0.25) is 10.0 Å². The Kier molecular flexibility index (Phi) is 4.00. The Morgan fingerprint density at radius 1 is 0.833 bits per heavy atom. The van der Waals surface area contributed by atoms with Gasteiger partial charge in [-0.15, -0.1) is 0 Å². The predicted octanol–water partition coefficient (Wildman–Crippen LogP) is 4.68. The molecule has 0 N–H and O–H groups in total. The number of rotatable bonds is 3. The average molecular weight is 283 g/mol. The molecule has 0 atom stereocenters. The van der Waals surface area contributed by atoms with Crippen molar-refractivity contribution in [1.29, 1.82) is 0 Å². The molecule has 0 aliphatic carbocycles. The van der Waals surface area contributed by atoms with Crippen LogP contribution in [0.15, 0.2) is 36.4 Å².